The fourth-order valence-electron chi connectivity index (χ4n) is 2.58. The SMILES string of the molecule is COc1cc(/C=C/C(=O)[O-])cc(S(=O)(=O)Nc2ccc3c(c2)OCO3)c1OC. The number of carboxylic acid groups (broad SMARTS) is 1. The molecule has 1 heterocycles. The van der Waals surface area contributed by atoms with E-state index in [0.717, 1.165) is 6.08 Å². The molecule has 0 unspecified atom stereocenters. The largest absolute Gasteiger partial charge is 0.545 e. The molecule has 9 nitrogen and oxygen atoms in total. The molecule has 1 aliphatic rings. The number of nitrogens with one attached hydrogen (secondary N) is 1. The summed E-state index contributed by atoms with van der Waals surface area (Å²) in [4.78, 5) is 10.4. The van der Waals surface area contributed by atoms with Gasteiger partial charge >= 0.3 is 0 Å². The smallest absolute Gasteiger partial charge is 0.265 e. The Morgan fingerprint density at radius 3 is 2.57 bits per heavy atom. The highest BCUT2D eigenvalue weighted by Crippen LogP contribution is 2.38. The fraction of sp³-hybridized carbons (Fsp3) is 0.167. The van der Waals surface area contributed by atoms with Crippen LogP contribution in [0.2, 0.25) is 0 Å². The number of sulfonamides is 1. The van der Waals surface area contributed by atoms with Gasteiger partial charge in [0.1, 0.15) is 4.90 Å². The molecule has 0 saturated carbocycles. The van der Waals surface area contributed by atoms with Crippen molar-refractivity contribution in [2.75, 3.05) is 25.7 Å². The van der Waals surface area contributed by atoms with Crippen LogP contribution >= 0.6 is 0 Å². The Bertz CT molecular complexity index is 1050. The van der Waals surface area contributed by atoms with Crippen molar-refractivity contribution in [3.8, 4) is 23.0 Å². The van der Waals surface area contributed by atoms with E-state index in [0.29, 0.717) is 11.5 Å². The van der Waals surface area contributed by atoms with E-state index in [-0.39, 0.29) is 34.4 Å². The lowest BCUT2D eigenvalue weighted by molar-refractivity contribution is -0.297. The quantitative estimate of drug-likeness (QED) is 0.676. The molecule has 0 atom stereocenters. The van der Waals surface area contributed by atoms with Crippen LogP contribution in [0.4, 0.5) is 5.69 Å². The summed E-state index contributed by atoms with van der Waals surface area (Å²) in [5, 5.41) is 10.7. The summed E-state index contributed by atoms with van der Waals surface area (Å²) >= 11 is 0. The first-order valence-electron chi connectivity index (χ1n) is 7.91. The minimum absolute atomic E-state index is 0.0265. The standard InChI is InChI=1S/C18H17NO8S/c1-24-15-7-11(3-6-17(20)21)8-16(18(15)25-2)28(22,23)19-12-4-5-13-14(9-12)27-10-26-13/h3-9,19H,10H2,1-2H3,(H,20,21)/p-1/b6-3+. The van der Waals surface area contributed by atoms with Crippen LogP contribution in [-0.4, -0.2) is 35.4 Å². The Morgan fingerprint density at radius 1 is 1.14 bits per heavy atom. The maximum Gasteiger partial charge on any atom is 0.265 e. The Kier molecular flexibility index (Phi) is 5.32. The molecule has 10 heteroatoms. The van der Waals surface area contributed by atoms with Gasteiger partial charge in [0, 0.05) is 6.07 Å². The highest BCUT2D eigenvalue weighted by atomic mass is 32.2. The van der Waals surface area contributed by atoms with Crippen molar-refractivity contribution in [3.63, 3.8) is 0 Å². The van der Waals surface area contributed by atoms with Gasteiger partial charge in [0.15, 0.2) is 23.0 Å². The number of carbonyl (C=O) groups excluding carboxylic acids is 1. The first-order chi connectivity index (χ1) is 13.3. The number of benzene rings is 2. The summed E-state index contributed by atoms with van der Waals surface area (Å²) < 4.78 is 49.2. The normalized spacial score (nSPS) is 12.8. The minimum atomic E-state index is -4.12. The molecule has 0 saturated heterocycles. The number of aliphatic carboxylic acids is 1. The van der Waals surface area contributed by atoms with Crippen molar-refractivity contribution < 1.29 is 37.3 Å². The van der Waals surface area contributed by atoms with E-state index in [1.165, 1.54) is 44.6 Å². The molecule has 2 aromatic rings. The van der Waals surface area contributed by atoms with E-state index in [2.05, 4.69) is 4.72 Å². The third-order valence-electron chi connectivity index (χ3n) is 3.79. The van der Waals surface area contributed by atoms with Gasteiger partial charge in [-0.25, -0.2) is 8.42 Å². The van der Waals surface area contributed by atoms with Gasteiger partial charge in [0.25, 0.3) is 10.0 Å². The van der Waals surface area contributed by atoms with Crippen LogP contribution in [0, 0.1) is 0 Å². The predicted molar refractivity (Wildman–Crippen MR) is 97.0 cm³/mol. The lowest BCUT2D eigenvalue weighted by Crippen LogP contribution is -2.18. The summed E-state index contributed by atoms with van der Waals surface area (Å²) in [6, 6.07) is 7.29. The summed E-state index contributed by atoms with van der Waals surface area (Å²) in [6.07, 6.45) is 1.97. The van der Waals surface area contributed by atoms with Gasteiger partial charge in [0.2, 0.25) is 6.79 Å². The highest BCUT2D eigenvalue weighted by Gasteiger charge is 2.25. The van der Waals surface area contributed by atoms with Gasteiger partial charge in [-0.1, -0.05) is 6.08 Å². The number of ether oxygens (including phenoxy) is 4. The number of methoxy groups -OCH3 is 2. The van der Waals surface area contributed by atoms with E-state index >= 15 is 0 Å². The highest BCUT2D eigenvalue weighted by molar-refractivity contribution is 7.92. The molecule has 0 fully saturated rings. The third kappa shape index (κ3) is 3.96. The summed E-state index contributed by atoms with van der Waals surface area (Å²) in [6.45, 7) is 0.0589. The first-order valence-corrected chi connectivity index (χ1v) is 9.40. The van der Waals surface area contributed by atoms with Crippen LogP contribution in [-0.2, 0) is 14.8 Å². The Balaban J connectivity index is 2.03. The number of fused-ring (bicyclic) bond motifs is 1. The number of carboxylic acids is 1. The lowest BCUT2D eigenvalue weighted by Gasteiger charge is -2.15. The van der Waals surface area contributed by atoms with Gasteiger partial charge in [-0.2, -0.15) is 0 Å². The summed E-state index contributed by atoms with van der Waals surface area (Å²) in [5.41, 5.74) is 0.522. The average molecular weight is 406 g/mol. The molecule has 0 amide bonds. The Morgan fingerprint density at radius 2 is 1.89 bits per heavy atom. The lowest BCUT2D eigenvalue weighted by atomic mass is 10.2. The molecule has 0 radical (unpaired) electrons. The van der Waals surface area contributed by atoms with Crippen LogP contribution in [0.15, 0.2) is 41.3 Å². The third-order valence-corrected chi connectivity index (χ3v) is 5.18. The molecule has 3 rings (SSSR count). The van der Waals surface area contributed by atoms with Crippen LogP contribution in [0.25, 0.3) is 6.08 Å². The average Bonchev–Trinajstić information content (AvgIpc) is 3.12. The zero-order chi connectivity index (χ0) is 20.3. The molecule has 148 valence electrons. The minimum Gasteiger partial charge on any atom is -0.545 e. The van der Waals surface area contributed by atoms with Crippen molar-refractivity contribution >= 4 is 27.8 Å². The number of hydrogen-bond donors (Lipinski definition) is 1. The molecule has 28 heavy (non-hydrogen) atoms. The monoisotopic (exact) mass is 406 g/mol. The van der Waals surface area contributed by atoms with Crippen LogP contribution in [0.1, 0.15) is 5.56 Å². The topological polar surface area (TPSA) is 123 Å². The van der Waals surface area contributed by atoms with Crippen LogP contribution in [0.3, 0.4) is 0 Å². The van der Waals surface area contributed by atoms with E-state index in [1.54, 1.807) is 6.07 Å². The molecule has 0 aliphatic carbocycles. The zero-order valence-corrected chi connectivity index (χ0v) is 15.7. The van der Waals surface area contributed by atoms with Crippen LogP contribution < -0.4 is 28.8 Å². The number of hydrogen-bond acceptors (Lipinski definition) is 8. The number of anilines is 1. The van der Waals surface area contributed by atoms with Crippen molar-refractivity contribution in [3.05, 3.63) is 42.0 Å². The molecule has 1 aliphatic heterocycles. The molecule has 0 bridgehead atoms. The van der Waals surface area contributed by atoms with E-state index in [9.17, 15) is 18.3 Å². The molecule has 1 N–H and O–H groups in total. The predicted octanol–water partition coefficient (Wildman–Crippen LogP) is 0.996. The maximum atomic E-state index is 13.0. The van der Waals surface area contributed by atoms with Gasteiger partial charge in [-0.3, -0.25) is 4.72 Å². The molecule has 2 aromatic carbocycles. The second-order valence-corrected chi connectivity index (χ2v) is 7.23. The Labute approximate surface area is 161 Å². The number of rotatable bonds is 7. The van der Waals surface area contributed by atoms with Crippen LogP contribution in [0.5, 0.6) is 23.0 Å². The Hall–Kier alpha value is -3.40. The molecule has 0 aromatic heterocycles. The van der Waals surface area contributed by atoms with Crippen molar-refractivity contribution in [1.82, 2.24) is 0 Å². The maximum absolute atomic E-state index is 13.0. The summed E-state index contributed by atoms with van der Waals surface area (Å²) in [7, 11) is -1.48. The van der Waals surface area contributed by atoms with E-state index in [4.69, 9.17) is 18.9 Å². The number of carbonyl (C=O) groups is 1. The van der Waals surface area contributed by atoms with Crippen molar-refractivity contribution in [2.24, 2.45) is 0 Å². The van der Waals surface area contributed by atoms with Crippen molar-refractivity contribution in [2.45, 2.75) is 4.90 Å². The molecule has 0 spiro atoms. The molecular weight excluding hydrogens is 390 g/mol. The molecular formula is C18H16NO8S-. The van der Waals surface area contributed by atoms with Gasteiger partial charge in [0.05, 0.1) is 25.9 Å². The fourth-order valence-corrected chi connectivity index (χ4v) is 3.85. The van der Waals surface area contributed by atoms with Gasteiger partial charge in [-0.05, 0) is 35.9 Å². The first kappa shape index (κ1) is 19.4. The second-order valence-electron chi connectivity index (χ2n) is 5.58. The van der Waals surface area contributed by atoms with Gasteiger partial charge < -0.3 is 28.8 Å². The zero-order valence-electron chi connectivity index (χ0n) is 14.9. The van der Waals surface area contributed by atoms with Gasteiger partial charge in [-0.15, -0.1) is 0 Å². The second kappa shape index (κ2) is 7.69. The van der Waals surface area contributed by atoms with Crippen molar-refractivity contribution in [1.29, 1.82) is 0 Å². The summed E-state index contributed by atoms with van der Waals surface area (Å²) in [5.74, 6) is -0.403. The van der Waals surface area contributed by atoms with E-state index < -0.39 is 16.0 Å². The van der Waals surface area contributed by atoms with E-state index in [1.807, 2.05) is 0 Å².